The highest BCUT2D eigenvalue weighted by Crippen LogP contribution is 2.21. The van der Waals surface area contributed by atoms with Gasteiger partial charge in [-0.15, -0.1) is 0 Å². The Bertz CT molecular complexity index is 915. The molecule has 0 unspecified atom stereocenters. The molecule has 0 N–H and O–H groups in total. The summed E-state index contributed by atoms with van der Waals surface area (Å²) in [5.41, 5.74) is 2.08. The molecule has 0 amide bonds. The van der Waals surface area contributed by atoms with Crippen molar-refractivity contribution in [3.63, 3.8) is 0 Å². The fourth-order valence-electron chi connectivity index (χ4n) is 3.44. The van der Waals surface area contributed by atoms with E-state index in [9.17, 15) is 4.39 Å². The van der Waals surface area contributed by atoms with Crippen LogP contribution in [0.2, 0.25) is 0 Å². The summed E-state index contributed by atoms with van der Waals surface area (Å²) in [6.07, 6.45) is 1.08. The largest absolute Gasteiger partial charge is 0.338 e. The van der Waals surface area contributed by atoms with Crippen LogP contribution in [0.3, 0.4) is 0 Å². The van der Waals surface area contributed by atoms with Crippen LogP contribution in [0.15, 0.2) is 57.5 Å². The van der Waals surface area contributed by atoms with Gasteiger partial charge in [-0.25, -0.2) is 4.39 Å². The van der Waals surface area contributed by atoms with Crippen LogP contribution in [-0.4, -0.2) is 46.1 Å². The van der Waals surface area contributed by atoms with Crippen LogP contribution in [0.1, 0.15) is 17.9 Å². The van der Waals surface area contributed by atoms with E-state index in [0.717, 1.165) is 54.7 Å². The van der Waals surface area contributed by atoms with Crippen LogP contribution in [0.5, 0.6) is 0 Å². The molecular formula is C21H22BrFN4O. The van der Waals surface area contributed by atoms with E-state index in [-0.39, 0.29) is 5.82 Å². The molecule has 1 fully saturated rings. The molecule has 1 saturated heterocycles. The number of rotatable bonds is 5. The summed E-state index contributed by atoms with van der Waals surface area (Å²) in [4.78, 5) is 9.31. The minimum absolute atomic E-state index is 0.187. The molecule has 1 aliphatic heterocycles. The number of hydrogen-bond donors (Lipinski definition) is 0. The van der Waals surface area contributed by atoms with Gasteiger partial charge in [0, 0.05) is 29.7 Å². The first-order valence-electron chi connectivity index (χ1n) is 9.43. The number of benzene rings is 2. The molecule has 0 radical (unpaired) electrons. The minimum Gasteiger partial charge on any atom is -0.338 e. The smallest absolute Gasteiger partial charge is 0.241 e. The van der Waals surface area contributed by atoms with Gasteiger partial charge in [-0.05, 0) is 49.3 Å². The summed E-state index contributed by atoms with van der Waals surface area (Å²) in [5.74, 6) is 1.07. The molecular weight excluding hydrogens is 423 g/mol. The van der Waals surface area contributed by atoms with Crippen molar-refractivity contribution in [2.24, 2.45) is 0 Å². The van der Waals surface area contributed by atoms with Gasteiger partial charge in [0.05, 0.1) is 6.54 Å². The summed E-state index contributed by atoms with van der Waals surface area (Å²) in [6.45, 7) is 5.43. The average Bonchev–Trinajstić information content (AvgIpc) is 3.05. The number of nitrogens with zero attached hydrogens (tertiary/aromatic N) is 4. The molecule has 0 aliphatic carbocycles. The number of hydrogen-bond acceptors (Lipinski definition) is 5. The van der Waals surface area contributed by atoms with Gasteiger partial charge in [0.2, 0.25) is 11.7 Å². The summed E-state index contributed by atoms with van der Waals surface area (Å²) in [7, 11) is 0. The second-order valence-corrected chi connectivity index (χ2v) is 7.97. The molecule has 0 atom stereocenters. The standard InChI is InChI=1S/C21H22BrFN4O/c22-18-4-1-3-17(13-18)21-24-20(28-25-21)15-27-10-2-9-26(11-12-27)14-16-5-7-19(23)8-6-16/h1,3-8,13H,2,9-12,14-15H2. The van der Waals surface area contributed by atoms with Crippen molar-refractivity contribution in [3.8, 4) is 11.4 Å². The molecule has 7 heteroatoms. The van der Waals surface area contributed by atoms with Gasteiger partial charge in [0.15, 0.2) is 0 Å². The van der Waals surface area contributed by atoms with Crippen molar-refractivity contribution < 1.29 is 8.91 Å². The molecule has 0 bridgehead atoms. The first-order valence-corrected chi connectivity index (χ1v) is 10.2. The topological polar surface area (TPSA) is 45.4 Å². The first-order chi connectivity index (χ1) is 13.7. The summed E-state index contributed by atoms with van der Waals surface area (Å²) >= 11 is 3.47. The van der Waals surface area contributed by atoms with Crippen molar-refractivity contribution >= 4 is 15.9 Å². The van der Waals surface area contributed by atoms with E-state index in [2.05, 4.69) is 35.9 Å². The van der Waals surface area contributed by atoms with Crippen molar-refractivity contribution in [2.75, 3.05) is 26.2 Å². The predicted octanol–water partition coefficient (Wildman–Crippen LogP) is 4.35. The molecule has 0 spiro atoms. The van der Waals surface area contributed by atoms with Crippen LogP contribution in [-0.2, 0) is 13.1 Å². The Balaban J connectivity index is 1.33. The number of aromatic nitrogens is 2. The maximum absolute atomic E-state index is 13.1. The van der Waals surface area contributed by atoms with Crippen molar-refractivity contribution in [2.45, 2.75) is 19.5 Å². The second-order valence-electron chi connectivity index (χ2n) is 7.05. The van der Waals surface area contributed by atoms with Gasteiger partial charge in [-0.2, -0.15) is 4.98 Å². The van der Waals surface area contributed by atoms with Crippen LogP contribution in [0.4, 0.5) is 4.39 Å². The van der Waals surface area contributed by atoms with Gasteiger partial charge < -0.3 is 4.52 Å². The van der Waals surface area contributed by atoms with E-state index in [0.29, 0.717) is 18.3 Å². The van der Waals surface area contributed by atoms with Gasteiger partial charge in [0.1, 0.15) is 5.82 Å². The van der Waals surface area contributed by atoms with E-state index in [1.54, 1.807) is 0 Å². The van der Waals surface area contributed by atoms with E-state index in [4.69, 9.17) is 4.52 Å². The van der Waals surface area contributed by atoms with Crippen LogP contribution >= 0.6 is 15.9 Å². The van der Waals surface area contributed by atoms with Crippen molar-refractivity contribution in [1.82, 2.24) is 19.9 Å². The van der Waals surface area contributed by atoms with Gasteiger partial charge in [-0.3, -0.25) is 9.80 Å². The molecule has 2 aromatic carbocycles. The Morgan fingerprint density at radius 3 is 2.46 bits per heavy atom. The van der Waals surface area contributed by atoms with Crippen LogP contribution < -0.4 is 0 Å². The third-order valence-corrected chi connectivity index (χ3v) is 5.40. The van der Waals surface area contributed by atoms with Crippen molar-refractivity contribution in [1.29, 1.82) is 0 Å². The Kier molecular flexibility index (Phi) is 6.14. The third-order valence-electron chi connectivity index (χ3n) is 4.91. The Morgan fingerprint density at radius 1 is 0.964 bits per heavy atom. The maximum Gasteiger partial charge on any atom is 0.241 e. The minimum atomic E-state index is -0.187. The van der Waals surface area contributed by atoms with Gasteiger partial charge >= 0.3 is 0 Å². The van der Waals surface area contributed by atoms with Crippen molar-refractivity contribution in [3.05, 3.63) is 70.3 Å². The zero-order valence-electron chi connectivity index (χ0n) is 15.5. The van der Waals surface area contributed by atoms with Crippen LogP contribution in [0, 0.1) is 5.82 Å². The highest BCUT2D eigenvalue weighted by molar-refractivity contribution is 9.10. The predicted molar refractivity (Wildman–Crippen MR) is 109 cm³/mol. The highest BCUT2D eigenvalue weighted by Gasteiger charge is 2.18. The quantitative estimate of drug-likeness (QED) is 0.585. The maximum atomic E-state index is 13.1. The summed E-state index contributed by atoms with van der Waals surface area (Å²) in [6, 6.07) is 14.7. The molecule has 2 heterocycles. The molecule has 146 valence electrons. The van der Waals surface area contributed by atoms with Gasteiger partial charge in [-0.1, -0.05) is 45.4 Å². The molecule has 1 aliphatic rings. The lowest BCUT2D eigenvalue weighted by atomic mass is 10.2. The monoisotopic (exact) mass is 444 g/mol. The molecule has 0 saturated carbocycles. The summed E-state index contributed by atoms with van der Waals surface area (Å²) < 4.78 is 19.5. The molecule has 28 heavy (non-hydrogen) atoms. The SMILES string of the molecule is Fc1ccc(CN2CCCN(Cc3nc(-c4cccc(Br)c4)no3)CC2)cc1. The number of halogens is 2. The van der Waals surface area contributed by atoms with E-state index in [1.165, 1.54) is 12.1 Å². The van der Waals surface area contributed by atoms with E-state index >= 15 is 0 Å². The van der Waals surface area contributed by atoms with E-state index < -0.39 is 0 Å². The lowest BCUT2D eigenvalue weighted by molar-refractivity contribution is 0.222. The third kappa shape index (κ3) is 5.04. The Morgan fingerprint density at radius 2 is 1.71 bits per heavy atom. The summed E-state index contributed by atoms with van der Waals surface area (Å²) in [5, 5.41) is 4.12. The van der Waals surface area contributed by atoms with Gasteiger partial charge in [0.25, 0.3) is 0 Å². The average molecular weight is 445 g/mol. The zero-order valence-corrected chi connectivity index (χ0v) is 17.1. The highest BCUT2D eigenvalue weighted by atomic mass is 79.9. The molecule has 1 aromatic heterocycles. The van der Waals surface area contributed by atoms with E-state index in [1.807, 2.05) is 36.4 Å². The molecule has 5 nitrogen and oxygen atoms in total. The second kappa shape index (κ2) is 8.94. The Labute approximate surface area is 172 Å². The first kappa shape index (κ1) is 19.2. The normalized spacial score (nSPS) is 16.2. The fourth-order valence-corrected chi connectivity index (χ4v) is 3.84. The zero-order chi connectivity index (χ0) is 19.3. The fraction of sp³-hybridized carbons (Fsp3) is 0.333. The lowest BCUT2D eigenvalue weighted by Crippen LogP contribution is -2.30. The lowest BCUT2D eigenvalue weighted by Gasteiger charge is -2.20. The molecule has 4 rings (SSSR count). The van der Waals surface area contributed by atoms with Crippen LogP contribution in [0.25, 0.3) is 11.4 Å². The molecule has 3 aromatic rings. The Hall–Kier alpha value is -2.09.